The molecule has 0 saturated carbocycles. The number of hydrogen-bond donors (Lipinski definition) is 2. The lowest BCUT2D eigenvalue weighted by Gasteiger charge is -2.37. The van der Waals surface area contributed by atoms with E-state index in [4.69, 9.17) is 4.74 Å². The Kier molecular flexibility index (Phi) is 8.62. The van der Waals surface area contributed by atoms with E-state index >= 15 is 0 Å². The second-order valence-corrected chi connectivity index (χ2v) is 11.4. The van der Waals surface area contributed by atoms with E-state index in [0.29, 0.717) is 17.2 Å². The quantitative estimate of drug-likeness (QED) is 0.353. The van der Waals surface area contributed by atoms with Crippen molar-refractivity contribution in [1.29, 1.82) is 0 Å². The maximum Gasteiger partial charge on any atom is 0.325 e. The molecule has 2 N–H and O–H groups in total. The van der Waals surface area contributed by atoms with E-state index in [0.717, 1.165) is 5.56 Å². The molecule has 3 atom stereocenters. The highest BCUT2D eigenvalue weighted by Gasteiger charge is 2.47. The third kappa shape index (κ3) is 5.62. The summed E-state index contributed by atoms with van der Waals surface area (Å²) in [5.41, 5.74) is 0.253. The summed E-state index contributed by atoms with van der Waals surface area (Å²) in [4.78, 5) is 12.8. The highest BCUT2D eigenvalue weighted by atomic mass is 31.2. The number of nitrogens with one attached hydrogen (secondary N) is 1. The number of carbonyl (C=O) groups is 1. The summed E-state index contributed by atoms with van der Waals surface area (Å²) < 4.78 is 20.0. The van der Waals surface area contributed by atoms with Gasteiger partial charge in [0.15, 0.2) is 0 Å². The van der Waals surface area contributed by atoms with Crippen molar-refractivity contribution in [3.05, 3.63) is 96.6 Å². The fourth-order valence-electron chi connectivity index (χ4n) is 4.31. The fraction of sp³-hybridized carbons (Fsp3) is 0.296. The molecule has 0 aliphatic heterocycles. The summed E-state index contributed by atoms with van der Waals surface area (Å²) in [6.07, 6.45) is -1.24. The van der Waals surface area contributed by atoms with Crippen LogP contribution in [0.3, 0.4) is 0 Å². The van der Waals surface area contributed by atoms with Crippen LogP contribution in [0.5, 0.6) is 0 Å². The van der Waals surface area contributed by atoms with Gasteiger partial charge in [-0.15, -0.1) is 0 Å². The molecule has 0 aromatic heterocycles. The Morgan fingerprint density at radius 3 is 1.76 bits per heavy atom. The van der Waals surface area contributed by atoms with Crippen molar-refractivity contribution in [3.63, 3.8) is 0 Å². The molecule has 6 heteroatoms. The molecular formula is C27H32NO4P. The molecule has 33 heavy (non-hydrogen) atoms. The second kappa shape index (κ2) is 11.4. The molecule has 0 amide bonds. The molecule has 5 nitrogen and oxygen atoms in total. The molecule has 3 rings (SSSR count). The lowest BCUT2D eigenvalue weighted by Crippen LogP contribution is -2.54. The standard InChI is InChI=1S/C27H32NO4P/c1-20(2)26(25(29)24(27(30)32-3)28-19-21-13-7-4-8-14-21)33(31,22-15-9-5-10-16-22)23-17-11-6-12-18-23/h4-18,20,24-26,28-29H,19H2,1-3H3/t24-,25+,26+/m1/s1. The number of carbonyl (C=O) groups excluding carboxylic acids is 1. The molecule has 0 unspecified atom stereocenters. The van der Waals surface area contributed by atoms with Crippen LogP contribution in [0.25, 0.3) is 0 Å². The first-order valence-corrected chi connectivity index (χ1v) is 12.9. The van der Waals surface area contributed by atoms with Crippen LogP contribution < -0.4 is 15.9 Å². The zero-order chi connectivity index (χ0) is 23.8. The van der Waals surface area contributed by atoms with Gasteiger partial charge in [0.2, 0.25) is 0 Å². The van der Waals surface area contributed by atoms with Gasteiger partial charge in [-0.25, -0.2) is 0 Å². The van der Waals surface area contributed by atoms with Crippen LogP contribution in [0.1, 0.15) is 19.4 Å². The predicted molar refractivity (Wildman–Crippen MR) is 133 cm³/mol. The molecule has 3 aromatic carbocycles. The van der Waals surface area contributed by atoms with E-state index in [1.807, 2.05) is 105 Å². The number of methoxy groups -OCH3 is 1. The molecule has 0 heterocycles. The Hall–Kier alpha value is -2.72. The van der Waals surface area contributed by atoms with Crippen LogP contribution in [-0.2, 0) is 20.6 Å². The second-order valence-electron chi connectivity index (χ2n) is 8.42. The molecular weight excluding hydrogens is 433 g/mol. The first-order valence-electron chi connectivity index (χ1n) is 11.1. The Morgan fingerprint density at radius 2 is 1.33 bits per heavy atom. The average Bonchev–Trinajstić information content (AvgIpc) is 2.85. The summed E-state index contributed by atoms with van der Waals surface area (Å²) in [6, 6.07) is 27.1. The highest BCUT2D eigenvalue weighted by molar-refractivity contribution is 7.79. The van der Waals surface area contributed by atoms with Crippen LogP contribution in [0, 0.1) is 5.92 Å². The van der Waals surface area contributed by atoms with Gasteiger partial charge in [0.25, 0.3) is 0 Å². The largest absolute Gasteiger partial charge is 0.468 e. The molecule has 174 valence electrons. The van der Waals surface area contributed by atoms with Crippen LogP contribution in [-0.4, -0.2) is 36.0 Å². The maximum atomic E-state index is 14.9. The zero-order valence-electron chi connectivity index (χ0n) is 19.3. The molecule has 0 aliphatic rings. The molecule has 0 aliphatic carbocycles. The van der Waals surface area contributed by atoms with E-state index in [1.165, 1.54) is 7.11 Å². The lowest BCUT2D eigenvalue weighted by atomic mass is 9.99. The SMILES string of the molecule is COC(=O)[C@H](NCc1ccccc1)[C@H](O)[C@H](C(C)C)P(=O)(c1ccccc1)c1ccccc1. The van der Waals surface area contributed by atoms with Crippen LogP contribution >= 0.6 is 7.14 Å². The van der Waals surface area contributed by atoms with E-state index in [-0.39, 0.29) is 5.92 Å². The Morgan fingerprint density at radius 1 is 0.879 bits per heavy atom. The van der Waals surface area contributed by atoms with Crippen molar-refractivity contribution in [2.24, 2.45) is 5.92 Å². The molecule has 0 bridgehead atoms. The minimum atomic E-state index is -3.34. The van der Waals surface area contributed by atoms with Crippen molar-refractivity contribution >= 4 is 23.7 Å². The molecule has 0 spiro atoms. The highest BCUT2D eigenvalue weighted by Crippen LogP contribution is 2.53. The smallest absolute Gasteiger partial charge is 0.325 e. The monoisotopic (exact) mass is 465 g/mol. The van der Waals surface area contributed by atoms with Gasteiger partial charge in [-0.3, -0.25) is 10.1 Å². The Labute approximate surface area is 196 Å². The number of aliphatic hydroxyl groups is 1. The average molecular weight is 466 g/mol. The number of hydrogen-bond acceptors (Lipinski definition) is 5. The minimum absolute atomic E-state index is 0.183. The molecule has 0 fully saturated rings. The normalized spacial score (nSPS) is 14.5. The Bertz CT molecular complexity index is 1010. The van der Waals surface area contributed by atoms with E-state index in [2.05, 4.69) is 5.32 Å². The molecule has 0 radical (unpaired) electrons. The van der Waals surface area contributed by atoms with Crippen LogP contribution in [0.2, 0.25) is 0 Å². The van der Waals surface area contributed by atoms with Gasteiger partial charge in [0, 0.05) is 17.2 Å². The summed E-state index contributed by atoms with van der Waals surface area (Å²) in [7, 11) is -2.05. The first-order chi connectivity index (χ1) is 15.9. The van der Waals surface area contributed by atoms with Gasteiger partial charge in [-0.05, 0) is 11.5 Å². The number of ether oxygens (including phenoxy) is 1. The lowest BCUT2D eigenvalue weighted by molar-refractivity contribution is -0.146. The van der Waals surface area contributed by atoms with Crippen LogP contribution in [0.4, 0.5) is 0 Å². The van der Waals surface area contributed by atoms with Gasteiger partial charge >= 0.3 is 5.97 Å². The van der Waals surface area contributed by atoms with Gasteiger partial charge < -0.3 is 14.4 Å². The molecule has 3 aromatic rings. The van der Waals surface area contributed by atoms with Crippen molar-refractivity contribution in [2.45, 2.75) is 38.2 Å². The van der Waals surface area contributed by atoms with Crippen LogP contribution in [0.15, 0.2) is 91.0 Å². The van der Waals surface area contributed by atoms with Gasteiger partial charge in [0.05, 0.1) is 18.9 Å². The third-order valence-electron chi connectivity index (χ3n) is 5.90. The number of esters is 1. The third-order valence-corrected chi connectivity index (χ3v) is 9.77. The van der Waals surface area contributed by atoms with E-state index in [1.54, 1.807) is 0 Å². The first kappa shape index (κ1) is 24.9. The van der Waals surface area contributed by atoms with Crippen molar-refractivity contribution in [3.8, 4) is 0 Å². The summed E-state index contributed by atoms with van der Waals surface area (Å²) >= 11 is 0. The summed E-state index contributed by atoms with van der Waals surface area (Å²) in [5, 5.41) is 16.1. The van der Waals surface area contributed by atoms with Gasteiger partial charge in [-0.1, -0.05) is 105 Å². The zero-order valence-corrected chi connectivity index (χ0v) is 20.2. The van der Waals surface area contributed by atoms with Crippen molar-refractivity contribution in [2.75, 3.05) is 7.11 Å². The number of rotatable bonds is 10. The fourth-order valence-corrected chi connectivity index (χ4v) is 7.97. The van der Waals surface area contributed by atoms with Gasteiger partial charge in [0.1, 0.15) is 13.2 Å². The topological polar surface area (TPSA) is 75.6 Å². The van der Waals surface area contributed by atoms with Gasteiger partial charge in [-0.2, -0.15) is 0 Å². The number of benzene rings is 3. The summed E-state index contributed by atoms with van der Waals surface area (Å²) in [5.74, 6) is -0.770. The van der Waals surface area contributed by atoms with Crippen molar-refractivity contribution in [1.82, 2.24) is 5.32 Å². The van der Waals surface area contributed by atoms with E-state index < -0.39 is 30.9 Å². The minimum Gasteiger partial charge on any atom is -0.468 e. The Balaban J connectivity index is 2.06. The van der Waals surface area contributed by atoms with Crippen molar-refractivity contribution < 1.29 is 19.2 Å². The van der Waals surface area contributed by atoms with E-state index in [9.17, 15) is 14.5 Å². The maximum absolute atomic E-state index is 14.9. The summed E-state index contributed by atoms with van der Waals surface area (Å²) in [6.45, 7) is 4.22. The predicted octanol–water partition coefficient (Wildman–Crippen LogP) is 3.72. The molecule has 0 saturated heterocycles. The number of aliphatic hydroxyl groups excluding tert-OH is 1.